The predicted molar refractivity (Wildman–Crippen MR) is 51.9 cm³/mol. The maximum atomic E-state index is 11.5. The molecule has 1 aliphatic rings. The van der Waals surface area contributed by atoms with Gasteiger partial charge in [-0.15, -0.1) is 0 Å². The summed E-state index contributed by atoms with van der Waals surface area (Å²) in [5.41, 5.74) is 6.74. The van der Waals surface area contributed by atoms with E-state index in [2.05, 4.69) is 9.97 Å². The molecule has 0 amide bonds. The predicted octanol–water partition coefficient (Wildman–Crippen LogP) is -0.551. The van der Waals surface area contributed by atoms with Crippen molar-refractivity contribution in [1.29, 1.82) is 0 Å². The molecule has 0 aromatic carbocycles. The Labute approximate surface area is 81.0 Å². The number of hydrogen-bond acceptors (Lipinski definition) is 4. The summed E-state index contributed by atoms with van der Waals surface area (Å²) < 4.78 is 0. The monoisotopic (exact) mass is 195 g/mol. The van der Waals surface area contributed by atoms with Gasteiger partial charge in [-0.3, -0.25) is 9.78 Å². The van der Waals surface area contributed by atoms with E-state index in [-0.39, 0.29) is 24.0 Å². The molecule has 5 heteroatoms. The zero-order chi connectivity index (χ0) is 10.1. The Balaban J connectivity index is 2.42. The normalized spacial score (nSPS) is 20.5. The van der Waals surface area contributed by atoms with E-state index in [1.165, 1.54) is 0 Å². The number of fused-ring (bicyclic) bond motifs is 1. The van der Waals surface area contributed by atoms with Crippen LogP contribution in [0, 0.1) is 5.92 Å². The van der Waals surface area contributed by atoms with E-state index in [1.54, 1.807) is 0 Å². The van der Waals surface area contributed by atoms with Gasteiger partial charge < -0.3 is 10.8 Å². The molecule has 1 unspecified atom stereocenters. The number of H-pyrrole nitrogens is 1. The number of nitrogen functional groups attached to an aromatic ring is 1. The molecule has 2 rings (SSSR count). The van der Waals surface area contributed by atoms with Gasteiger partial charge in [0.15, 0.2) is 0 Å². The number of aliphatic hydroxyl groups is 1. The van der Waals surface area contributed by atoms with E-state index in [0.717, 1.165) is 18.5 Å². The summed E-state index contributed by atoms with van der Waals surface area (Å²) in [6, 6.07) is 0. The Morgan fingerprint density at radius 2 is 2.43 bits per heavy atom. The van der Waals surface area contributed by atoms with E-state index in [1.807, 2.05) is 0 Å². The lowest BCUT2D eigenvalue weighted by atomic mass is 9.88. The first-order valence-corrected chi connectivity index (χ1v) is 4.69. The standard InChI is InChI=1S/C9H13N3O2/c10-9-11-7-2-1-5(4-13)3-6(7)8(14)12-9/h5,13H,1-4H2,(H3,10,11,12,14). The second-order valence-corrected chi connectivity index (χ2v) is 3.67. The molecule has 76 valence electrons. The van der Waals surface area contributed by atoms with Crippen LogP contribution in [0.15, 0.2) is 4.79 Å². The SMILES string of the molecule is Nc1nc2c(c(=O)[nH]1)CC(CO)CC2. The molecule has 1 atom stereocenters. The van der Waals surface area contributed by atoms with Gasteiger partial charge in [0.25, 0.3) is 5.56 Å². The van der Waals surface area contributed by atoms with Gasteiger partial charge in [-0.25, -0.2) is 4.98 Å². The molecule has 0 fully saturated rings. The van der Waals surface area contributed by atoms with Gasteiger partial charge in [0.2, 0.25) is 5.95 Å². The molecule has 5 nitrogen and oxygen atoms in total. The number of nitrogens with two attached hydrogens (primary N) is 1. The average molecular weight is 195 g/mol. The maximum Gasteiger partial charge on any atom is 0.255 e. The third-order valence-electron chi connectivity index (χ3n) is 2.66. The highest BCUT2D eigenvalue weighted by Gasteiger charge is 2.21. The lowest BCUT2D eigenvalue weighted by Gasteiger charge is -2.21. The number of anilines is 1. The van der Waals surface area contributed by atoms with Crippen LogP contribution in [0.25, 0.3) is 0 Å². The minimum Gasteiger partial charge on any atom is -0.396 e. The summed E-state index contributed by atoms with van der Waals surface area (Å²) >= 11 is 0. The van der Waals surface area contributed by atoms with Crippen molar-refractivity contribution >= 4 is 5.95 Å². The summed E-state index contributed by atoms with van der Waals surface area (Å²) in [6.07, 6.45) is 2.21. The first kappa shape index (κ1) is 9.21. The number of aliphatic hydroxyl groups excluding tert-OH is 1. The molecule has 0 saturated heterocycles. The molecule has 0 saturated carbocycles. The fourth-order valence-corrected chi connectivity index (χ4v) is 1.87. The van der Waals surface area contributed by atoms with Crippen LogP contribution in [0.5, 0.6) is 0 Å². The molecular weight excluding hydrogens is 182 g/mol. The Hall–Kier alpha value is -1.36. The summed E-state index contributed by atoms with van der Waals surface area (Å²) in [4.78, 5) is 18.0. The van der Waals surface area contributed by atoms with Gasteiger partial charge in [-0.1, -0.05) is 0 Å². The van der Waals surface area contributed by atoms with Crippen LogP contribution in [-0.2, 0) is 12.8 Å². The van der Waals surface area contributed by atoms with Crippen LogP contribution < -0.4 is 11.3 Å². The van der Waals surface area contributed by atoms with Crippen LogP contribution in [0.1, 0.15) is 17.7 Å². The second kappa shape index (κ2) is 3.42. The number of rotatable bonds is 1. The third-order valence-corrected chi connectivity index (χ3v) is 2.66. The van der Waals surface area contributed by atoms with Crippen LogP contribution in [-0.4, -0.2) is 21.7 Å². The lowest BCUT2D eigenvalue weighted by Crippen LogP contribution is -2.27. The van der Waals surface area contributed by atoms with E-state index in [0.29, 0.717) is 12.0 Å². The molecule has 1 aromatic heterocycles. The zero-order valence-electron chi connectivity index (χ0n) is 7.79. The van der Waals surface area contributed by atoms with Crippen molar-refractivity contribution in [2.24, 2.45) is 5.92 Å². The lowest BCUT2D eigenvalue weighted by molar-refractivity contribution is 0.212. The minimum absolute atomic E-state index is 0.128. The first-order valence-electron chi connectivity index (χ1n) is 4.69. The van der Waals surface area contributed by atoms with E-state index in [9.17, 15) is 4.79 Å². The van der Waals surface area contributed by atoms with Crippen LogP contribution >= 0.6 is 0 Å². The Bertz CT molecular complexity index is 400. The van der Waals surface area contributed by atoms with E-state index in [4.69, 9.17) is 10.8 Å². The molecule has 14 heavy (non-hydrogen) atoms. The number of nitrogens with one attached hydrogen (secondary N) is 1. The highest BCUT2D eigenvalue weighted by molar-refractivity contribution is 5.27. The first-order chi connectivity index (χ1) is 6.70. The van der Waals surface area contributed by atoms with Crippen molar-refractivity contribution in [3.05, 3.63) is 21.6 Å². The summed E-state index contributed by atoms with van der Waals surface area (Å²) in [6.45, 7) is 0.128. The second-order valence-electron chi connectivity index (χ2n) is 3.67. The quantitative estimate of drug-likeness (QED) is 0.560. The molecule has 1 aromatic rings. The van der Waals surface area contributed by atoms with E-state index >= 15 is 0 Å². The van der Waals surface area contributed by atoms with Gasteiger partial charge in [0.1, 0.15) is 0 Å². The van der Waals surface area contributed by atoms with Crippen molar-refractivity contribution in [3.63, 3.8) is 0 Å². The molecule has 4 N–H and O–H groups in total. The maximum absolute atomic E-state index is 11.5. The summed E-state index contributed by atoms with van der Waals surface area (Å²) in [5.74, 6) is 0.366. The third kappa shape index (κ3) is 1.50. The van der Waals surface area contributed by atoms with Crippen molar-refractivity contribution in [1.82, 2.24) is 9.97 Å². The number of aromatic nitrogens is 2. The highest BCUT2D eigenvalue weighted by Crippen LogP contribution is 2.21. The summed E-state index contributed by atoms with van der Waals surface area (Å²) in [7, 11) is 0. The molecule has 0 spiro atoms. The van der Waals surface area contributed by atoms with Crippen LogP contribution in [0.4, 0.5) is 5.95 Å². The fraction of sp³-hybridized carbons (Fsp3) is 0.556. The number of nitrogens with zero attached hydrogens (tertiary/aromatic N) is 1. The van der Waals surface area contributed by atoms with Crippen LogP contribution in [0.2, 0.25) is 0 Å². The average Bonchev–Trinajstić information content (AvgIpc) is 2.17. The van der Waals surface area contributed by atoms with Crippen molar-refractivity contribution in [3.8, 4) is 0 Å². The minimum atomic E-state index is -0.161. The molecule has 0 radical (unpaired) electrons. The Morgan fingerprint density at radius 1 is 1.64 bits per heavy atom. The largest absolute Gasteiger partial charge is 0.396 e. The Morgan fingerprint density at radius 3 is 3.14 bits per heavy atom. The Kier molecular flexibility index (Phi) is 2.25. The fourth-order valence-electron chi connectivity index (χ4n) is 1.87. The topological polar surface area (TPSA) is 92.0 Å². The highest BCUT2D eigenvalue weighted by atomic mass is 16.3. The number of hydrogen-bond donors (Lipinski definition) is 3. The van der Waals surface area contributed by atoms with Crippen molar-refractivity contribution < 1.29 is 5.11 Å². The van der Waals surface area contributed by atoms with Crippen LogP contribution in [0.3, 0.4) is 0 Å². The smallest absolute Gasteiger partial charge is 0.255 e. The van der Waals surface area contributed by atoms with Gasteiger partial charge in [-0.05, 0) is 25.2 Å². The molecular formula is C9H13N3O2. The van der Waals surface area contributed by atoms with Crippen molar-refractivity contribution in [2.45, 2.75) is 19.3 Å². The van der Waals surface area contributed by atoms with Gasteiger partial charge >= 0.3 is 0 Å². The van der Waals surface area contributed by atoms with E-state index < -0.39 is 0 Å². The number of aromatic amines is 1. The molecule has 0 aliphatic heterocycles. The molecule has 1 aliphatic carbocycles. The number of aryl methyl sites for hydroxylation is 1. The van der Waals surface area contributed by atoms with Gasteiger partial charge in [-0.2, -0.15) is 0 Å². The molecule has 1 heterocycles. The summed E-state index contributed by atoms with van der Waals surface area (Å²) in [5, 5.41) is 9.00. The van der Waals surface area contributed by atoms with Gasteiger partial charge in [0.05, 0.1) is 5.69 Å². The molecule has 0 bridgehead atoms. The zero-order valence-corrected chi connectivity index (χ0v) is 7.79. The van der Waals surface area contributed by atoms with Crippen molar-refractivity contribution in [2.75, 3.05) is 12.3 Å². The van der Waals surface area contributed by atoms with Gasteiger partial charge in [0, 0.05) is 12.2 Å².